The molecular weight excluding hydrogens is 452 g/mol. The van der Waals surface area contributed by atoms with Crippen LogP contribution in [0.3, 0.4) is 0 Å². The van der Waals surface area contributed by atoms with E-state index in [0.717, 1.165) is 5.56 Å². The average molecular weight is 476 g/mol. The average Bonchev–Trinajstić information content (AvgIpc) is 2.61. The van der Waals surface area contributed by atoms with Crippen molar-refractivity contribution in [1.29, 1.82) is 0 Å². The lowest BCUT2D eigenvalue weighted by molar-refractivity contribution is -0.137. The first-order valence-corrected chi connectivity index (χ1v) is 11.3. The second-order valence-electron chi connectivity index (χ2n) is 8.36. The van der Waals surface area contributed by atoms with Gasteiger partial charge < -0.3 is 10.5 Å². The van der Waals surface area contributed by atoms with Crippen LogP contribution in [0.25, 0.3) is 0 Å². The van der Waals surface area contributed by atoms with Crippen LogP contribution in [0.4, 0.5) is 23.2 Å². The number of carbonyl (C=O) groups excluding carboxylic acids is 1. The van der Waals surface area contributed by atoms with Gasteiger partial charge in [-0.25, -0.2) is 12.8 Å². The predicted octanol–water partition coefficient (Wildman–Crippen LogP) is 3.99. The highest BCUT2D eigenvalue weighted by Crippen LogP contribution is 2.38. The quantitative estimate of drug-likeness (QED) is 0.591. The molecule has 2 rings (SSSR count). The van der Waals surface area contributed by atoms with Gasteiger partial charge >= 0.3 is 6.18 Å². The van der Waals surface area contributed by atoms with Crippen LogP contribution >= 0.6 is 0 Å². The third-order valence-electron chi connectivity index (χ3n) is 4.48. The van der Waals surface area contributed by atoms with Gasteiger partial charge in [-0.2, -0.15) is 13.2 Å². The third kappa shape index (κ3) is 6.84. The molecule has 2 aromatic carbocycles. The van der Waals surface area contributed by atoms with E-state index in [0.29, 0.717) is 18.4 Å². The van der Waals surface area contributed by atoms with E-state index in [4.69, 9.17) is 10.5 Å². The first kappa shape index (κ1) is 25.4. The van der Waals surface area contributed by atoms with Crippen molar-refractivity contribution in [1.82, 2.24) is 0 Å². The summed E-state index contributed by atoms with van der Waals surface area (Å²) in [6.45, 7) is 6.01. The Balaban J connectivity index is 2.37. The van der Waals surface area contributed by atoms with Gasteiger partial charge in [-0.1, -0.05) is 32.9 Å². The number of alkyl halides is 3. The maximum Gasteiger partial charge on any atom is 0.418 e. The summed E-state index contributed by atoms with van der Waals surface area (Å²) >= 11 is 0. The number of amides is 1. The van der Waals surface area contributed by atoms with Gasteiger partial charge in [0, 0.05) is 6.42 Å². The minimum absolute atomic E-state index is 0.130. The lowest BCUT2D eigenvalue weighted by Crippen LogP contribution is -2.35. The van der Waals surface area contributed by atoms with Crippen LogP contribution in [0.5, 0.6) is 5.75 Å². The molecule has 0 aliphatic heterocycles. The molecule has 11 heteroatoms. The van der Waals surface area contributed by atoms with Crippen molar-refractivity contribution in [3.63, 3.8) is 0 Å². The molecule has 0 aromatic heterocycles. The lowest BCUT2D eigenvalue weighted by atomic mass is 9.87. The van der Waals surface area contributed by atoms with Crippen molar-refractivity contribution < 1.29 is 35.5 Å². The SMILES string of the molecule is CC(C)(C)c1ccc(OC(Cc2cc(F)c(NS(C)(=O)=O)c(C(F)(F)F)c2)C(N)=O)cc1. The lowest BCUT2D eigenvalue weighted by Gasteiger charge is -2.21. The normalized spacial score (nSPS) is 13.5. The number of nitrogens with one attached hydrogen (secondary N) is 1. The molecular formula is C21H24F4N2O4S. The molecule has 0 aliphatic carbocycles. The van der Waals surface area contributed by atoms with E-state index < -0.39 is 51.7 Å². The van der Waals surface area contributed by atoms with Gasteiger partial charge in [-0.15, -0.1) is 0 Å². The molecule has 176 valence electrons. The summed E-state index contributed by atoms with van der Waals surface area (Å²) in [5.41, 5.74) is 3.19. The van der Waals surface area contributed by atoms with E-state index in [1.165, 1.54) is 4.72 Å². The molecule has 1 amide bonds. The second-order valence-corrected chi connectivity index (χ2v) is 10.1. The number of halogens is 4. The van der Waals surface area contributed by atoms with Crippen molar-refractivity contribution in [2.45, 2.75) is 44.9 Å². The van der Waals surface area contributed by atoms with Crippen LogP contribution in [0.1, 0.15) is 37.5 Å². The van der Waals surface area contributed by atoms with Crippen molar-refractivity contribution in [3.05, 3.63) is 58.9 Å². The number of sulfonamides is 1. The Morgan fingerprint density at radius 1 is 1.12 bits per heavy atom. The molecule has 0 aliphatic rings. The molecule has 0 saturated carbocycles. The zero-order valence-electron chi connectivity index (χ0n) is 17.9. The first-order chi connectivity index (χ1) is 14.5. The number of nitrogens with two attached hydrogens (primary N) is 1. The van der Waals surface area contributed by atoms with Gasteiger partial charge in [0.2, 0.25) is 10.0 Å². The smallest absolute Gasteiger partial charge is 0.418 e. The van der Waals surface area contributed by atoms with Gasteiger partial charge in [-0.05, 0) is 40.8 Å². The predicted molar refractivity (Wildman–Crippen MR) is 112 cm³/mol. The fourth-order valence-corrected chi connectivity index (χ4v) is 3.48. The number of rotatable bonds is 7. The molecule has 0 radical (unpaired) electrons. The second kappa shape index (κ2) is 8.97. The van der Waals surface area contributed by atoms with Crippen molar-refractivity contribution in [2.24, 2.45) is 5.73 Å². The van der Waals surface area contributed by atoms with Crippen molar-refractivity contribution in [3.8, 4) is 5.75 Å². The van der Waals surface area contributed by atoms with E-state index in [9.17, 15) is 30.8 Å². The van der Waals surface area contributed by atoms with E-state index >= 15 is 0 Å². The van der Waals surface area contributed by atoms with E-state index in [1.807, 2.05) is 20.8 Å². The van der Waals surface area contributed by atoms with Crippen molar-refractivity contribution >= 4 is 21.6 Å². The highest BCUT2D eigenvalue weighted by Gasteiger charge is 2.36. The maximum absolute atomic E-state index is 14.4. The highest BCUT2D eigenvalue weighted by molar-refractivity contribution is 7.92. The summed E-state index contributed by atoms with van der Waals surface area (Å²) in [5.74, 6) is -2.15. The summed E-state index contributed by atoms with van der Waals surface area (Å²) < 4.78 is 84.5. The zero-order chi connectivity index (χ0) is 24.5. The molecule has 0 spiro atoms. The van der Waals surface area contributed by atoms with Crippen LogP contribution in [-0.4, -0.2) is 26.7 Å². The van der Waals surface area contributed by atoms with E-state index in [2.05, 4.69) is 0 Å². The summed E-state index contributed by atoms with van der Waals surface area (Å²) in [6.07, 6.45) is -6.31. The maximum atomic E-state index is 14.4. The number of primary amides is 1. The van der Waals surface area contributed by atoms with Crippen LogP contribution < -0.4 is 15.2 Å². The zero-order valence-corrected chi connectivity index (χ0v) is 18.7. The number of anilines is 1. The molecule has 0 heterocycles. The van der Waals surface area contributed by atoms with Crippen LogP contribution in [-0.2, 0) is 32.8 Å². The molecule has 3 N–H and O–H groups in total. The summed E-state index contributed by atoms with van der Waals surface area (Å²) in [7, 11) is -4.18. The standard InChI is InChI=1S/C21H24F4N2O4S/c1-20(2,3)13-5-7-14(8-6-13)31-17(19(26)28)11-12-9-15(21(23,24)25)18(16(22)10-12)27-32(4,29)30/h5-10,17,27H,11H2,1-4H3,(H2,26,28). The summed E-state index contributed by atoms with van der Waals surface area (Å²) in [4.78, 5) is 11.8. The Morgan fingerprint density at radius 2 is 1.69 bits per heavy atom. The monoisotopic (exact) mass is 476 g/mol. The fraction of sp³-hybridized carbons (Fsp3) is 0.381. The Bertz CT molecular complexity index is 1090. The Morgan fingerprint density at radius 3 is 2.12 bits per heavy atom. The number of benzene rings is 2. The third-order valence-corrected chi connectivity index (χ3v) is 5.05. The van der Waals surface area contributed by atoms with E-state index in [1.54, 1.807) is 24.3 Å². The molecule has 1 unspecified atom stereocenters. The van der Waals surface area contributed by atoms with Gasteiger partial charge in [0.1, 0.15) is 11.6 Å². The molecule has 1 atom stereocenters. The van der Waals surface area contributed by atoms with Gasteiger partial charge in [0.25, 0.3) is 5.91 Å². The number of hydrogen-bond acceptors (Lipinski definition) is 4. The fourth-order valence-electron chi connectivity index (χ4n) is 2.91. The number of carbonyl (C=O) groups is 1. The summed E-state index contributed by atoms with van der Waals surface area (Å²) in [6, 6.07) is 8.00. The van der Waals surface area contributed by atoms with E-state index in [-0.39, 0.29) is 16.7 Å². The largest absolute Gasteiger partial charge is 0.480 e. The molecule has 0 bridgehead atoms. The number of hydrogen-bond donors (Lipinski definition) is 2. The van der Waals surface area contributed by atoms with Crippen molar-refractivity contribution in [2.75, 3.05) is 11.0 Å². The Labute approximate surface area is 183 Å². The van der Waals surface area contributed by atoms with Gasteiger partial charge in [-0.3, -0.25) is 9.52 Å². The van der Waals surface area contributed by atoms with Gasteiger partial charge in [0.05, 0.1) is 17.5 Å². The summed E-state index contributed by atoms with van der Waals surface area (Å²) in [5, 5.41) is 0. The molecule has 0 fully saturated rings. The molecule has 6 nitrogen and oxygen atoms in total. The first-order valence-electron chi connectivity index (χ1n) is 9.41. The molecule has 32 heavy (non-hydrogen) atoms. The Hall–Kier alpha value is -2.82. The number of ether oxygens (including phenoxy) is 1. The van der Waals surface area contributed by atoms with Crippen LogP contribution in [0, 0.1) is 5.82 Å². The topological polar surface area (TPSA) is 98.5 Å². The minimum atomic E-state index is -5.06. The minimum Gasteiger partial charge on any atom is -0.480 e. The van der Waals surface area contributed by atoms with Crippen LogP contribution in [0.2, 0.25) is 0 Å². The Kier molecular flexibility index (Phi) is 7.13. The van der Waals surface area contributed by atoms with Gasteiger partial charge in [0.15, 0.2) is 6.10 Å². The molecule has 2 aromatic rings. The van der Waals surface area contributed by atoms with Crippen LogP contribution in [0.15, 0.2) is 36.4 Å². The highest BCUT2D eigenvalue weighted by atomic mass is 32.2. The molecule has 0 saturated heterocycles.